The van der Waals surface area contributed by atoms with E-state index in [1.54, 1.807) is 12.4 Å². The minimum atomic E-state index is -2.57. The largest absolute Gasteiger partial charge is 0.271 e. The molecule has 3 N–H and O–H groups in total. The smallest absolute Gasteiger partial charge is 0.248 e. The molecule has 1 aromatic heterocycles. The molecule has 0 amide bonds. The average molecular weight is 277 g/mol. The predicted molar refractivity (Wildman–Crippen MR) is 74.1 cm³/mol. The standard InChI is InChI=1S/C15H17F2N3/c16-15(17)6-4-11(8-15)14(20-18)12-3-1-2-10-5-7-19-9-13(10)12/h1-3,5,7,9,11,14,20H,4,6,8,18H2. The molecule has 1 heterocycles. The highest BCUT2D eigenvalue weighted by Gasteiger charge is 2.42. The van der Waals surface area contributed by atoms with E-state index in [1.165, 1.54) is 0 Å². The van der Waals surface area contributed by atoms with E-state index in [1.807, 2.05) is 24.3 Å². The fraction of sp³-hybridized carbons (Fsp3) is 0.400. The molecule has 0 radical (unpaired) electrons. The third-order valence-electron chi connectivity index (χ3n) is 4.15. The first kappa shape index (κ1) is 13.4. The highest BCUT2D eigenvalue weighted by atomic mass is 19.3. The zero-order chi connectivity index (χ0) is 14.2. The van der Waals surface area contributed by atoms with Gasteiger partial charge in [0, 0.05) is 36.7 Å². The quantitative estimate of drug-likeness (QED) is 0.669. The number of pyridine rings is 1. The number of benzene rings is 1. The molecule has 0 spiro atoms. The van der Waals surface area contributed by atoms with Crippen molar-refractivity contribution in [1.82, 2.24) is 10.4 Å². The summed E-state index contributed by atoms with van der Waals surface area (Å²) in [6, 6.07) is 7.49. The molecule has 1 aliphatic carbocycles. The number of hydrogen-bond acceptors (Lipinski definition) is 3. The van der Waals surface area contributed by atoms with Crippen LogP contribution in [0.5, 0.6) is 0 Å². The first-order chi connectivity index (χ1) is 9.61. The molecule has 5 heteroatoms. The van der Waals surface area contributed by atoms with Crippen LogP contribution in [0.2, 0.25) is 0 Å². The van der Waals surface area contributed by atoms with Crippen molar-refractivity contribution in [2.75, 3.05) is 0 Å². The topological polar surface area (TPSA) is 50.9 Å². The van der Waals surface area contributed by atoms with E-state index >= 15 is 0 Å². The average Bonchev–Trinajstić information content (AvgIpc) is 2.80. The number of nitrogens with zero attached hydrogens (tertiary/aromatic N) is 1. The number of aromatic nitrogens is 1. The van der Waals surface area contributed by atoms with Crippen molar-refractivity contribution < 1.29 is 8.78 Å². The highest BCUT2D eigenvalue weighted by molar-refractivity contribution is 5.85. The Morgan fingerprint density at radius 3 is 2.90 bits per heavy atom. The number of alkyl halides is 2. The number of fused-ring (bicyclic) bond motifs is 1. The number of halogens is 2. The van der Waals surface area contributed by atoms with Gasteiger partial charge in [0.2, 0.25) is 5.92 Å². The molecule has 3 rings (SSSR count). The van der Waals surface area contributed by atoms with E-state index in [2.05, 4.69) is 10.4 Å². The Bertz CT molecular complexity index is 610. The second kappa shape index (κ2) is 5.07. The van der Waals surface area contributed by atoms with Gasteiger partial charge in [0.1, 0.15) is 0 Å². The second-order valence-electron chi connectivity index (χ2n) is 5.45. The van der Waals surface area contributed by atoms with Gasteiger partial charge in [-0.25, -0.2) is 8.78 Å². The van der Waals surface area contributed by atoms with Gasteiger partial charge >= 0.3 is 0 Å². The summed E-state index contributed by atoms with van der Waals surface area (Å²) in [7, 11) is 0. The van der Waals surface area contributed by atoms with Crippen LogP contribution in [0, 0.1) is 5.92 Å². The lowest BCUT2D eigenvalue weighted by Crippen LogP contribution is -2.33. The molecule has 2 atom stereocenters. The molecule has 106 valence electrons. The molecule has 2 unspecified atom stereocenters. The highest BCUT2D eigenvalue weighted by Crippen LogP contribution is 2.45. The summed E-state index contributed by atoms with van der Waals surface area (Å²) in [5.74, 6) is 2.93. The van der Waals surface area contributed by atoms with Gasteiger partial charge in [0.05, 0.1) is 0 Å². The maximum atomic E-state index is 13.4. The number of nitrogens with one attached hydrogen (secondary N) is 1. The Morgan fingerprint density at radius 2 is 2.20 bits per heavy atom. The molecule has 2 aromatic rings. The number of hydrazine groups is 1. The van der Waals surface area contributed by atoms with Crippen LogP contribution in [0.15, 0.2) is 36.7 Å². The van der Waals surface area contributed by atoms with E-state index in [-0.39, 0.29) is 24.8 Å². The molecule has 20 heavy (non-hydrogen) atoms. The fourth-order valence-corrected chi connectivity index (χ4v) is 3.16. The Labute approximate surface area is 116 Å². The summed E-state index contributed by atoms with van der Waals surface area (Å²) in [6.45, 7) is 0. The third kappa shape index (κ3) is 2.39. The minimum absolute atomic E-state index is 0.0567. The molecule has 1 aromatic carbocycles. The van der Waals surface area contributed by atoms with Crippen molar-refractivity contribution in [3.8, 4) is 0 Å². The number of rotatable bonds is 3. The first-order valence-electron chi connectivity index (χ1n) is 6.77. The Balaban J connectivity index is 2.00. The van der Waals surface area contributed by atoms with Crippen molar-refractivity contribution >= 4 is 10.8 Å². The van der Waals surface area contributed by atoms with E-state index in [9.17, 15) is 8.78 Å². The summed E-state index contributed by atoms with van der Waals surface area (Å²) in [4.78, 5) is 4.13. The van der Waals surface area contributed by atoms with Gasteiger partial charge in [0.25, 0.3) is 0 Å². The van der Waals surface area contributed by atoms with Crippen LogP contribution in [0.1, 0.15) is 30.9 Å². The van der Waals surface area contributed by atoms with Crippen LogP contribution in [0.4, 0.5) is 8.78 Å². The Morgan fingerprint density at radius 1 is 1.35 bits per heavy atom. The van der Waals surface area contributed by atoms with Gasteiger partial charge < -0.3 is 0 Å². The lowest BCUT2D eigenvalue weighted by molar-refractivity contribution is 0.00329. The molecule has 0 saturated heterocycles. The number of nitrogens with two attached hydrogens (primary N) is 1. The fourth-order valence-electron chi connectivity index (χ4n) is 3.16. The van der Waals surface area contributed by atoms with Crippen molar-refractivity contribution in [2.45, 2.75) is 31.2 Å². The molecule has 1 saturated carbocycles. The minimum Gasteiger partial charge on any atom is -0.271 e. The first-order valence-corrected chi connectivity index (χ1v) is 6.77. The molecular formula is C15H17F2N3. The van der Waals surface area contributed by atoms with Crippen LogP contribution < -0.4 is 11.3 Å². The van der Waals surface area contributed by atoms with Crippen molar-refractivity contribution in [3.63, 3.8) is 0 Å². The van der Waals surface area contributed by atoms with Gasteiger partial charge in [0.15, 0.2) is 0 Å². The molecule has 0 aliphatic heterocycles. The maximum absolute atomic E-state index is 13.4. The second-order valence-corrected chi connectivity index (χ2v) is 5.45. The summed E-state index contributed by atoms with van der Waals surface area (Å²) >= 11 is 0. The number of hydrogen-bond donors (Lipinski definition) is 2. The van der Waals surface area contributed by atoms with Crippen LogP contribution in [0.3, 0.4) is 0 Å². The van der Waals surface area contributed by atoms with Crippen LogP contribution in [-0.4, -0.2) is 10.9 Å². The maximum Gasteiger partial charge on any atom is 0.248 e. The summed E-state index contributed by atoms with van der Waals surface area (Å²) < 4.78 is 26.9. The van der Waals surface area contributed by atoms with Gasteiger partial charge in [-0.3, -0.25) is 16.3 Å². The summed E-state index contributed by atoms with van der Waals surface area (Å²) in [6.07, 6.45) is 3.80. The predicted octanol–water partition coefficient (Wildman–Crippen LogP) is 3.17. The molecule has 1 aliphatic rings. The zero-order valence-electron chi connectivity index (χ0n) is 11.0. The zero-order valence-corrected chi connectivity index (χ0v) is 11.0. The molecule has 0 bridgehead atoms. The van der Waals surface area contributed by atoms with Gasteiger partial charge in [-0.05, 0) is 29.4 Å². The van der Waals surface area contributed by atoms with Crippen molar-refractivity contribution in [2.24, 2.45) is 11.8 Å². The SMILES string of the molecule is NNC(c1cccc2ccncc12)C1CCC(F)(F)C1. The van der Waals surface area contributed by atoms with Crippen LogP contribution in [0.25, 0.3) is 10.8 Å². The molecular weight excluding hydrogens is 260 g/mol. The summed E-state index contributed by atoms with van der Waals surface area (Å²) in [5.41, 5.74) is 3.67. The Hall–Kier alpha value is -1.59. The summed E-state index contributed by atoms with van der Waals surface area (Å²) in [5, 5.41) is 2.01. The molecule has 3 nitrogen and oxygen atoms in total. The van der Waals surface area contributed by atoms with Crippen LogP contribution in [-0.2, 0) is 0 Å². The van der Waals surface area contributed by atoms with Crippen molar-refractivity contribution in [1.29, 1.82) is 0 Å². The van der Waals surface area contributed by atoms with E-state index in [0.717, 1.165) is 16.3 Å². The molecule has 1 fully saturated rings. The third-order valence-corrected chi connectivity index (χ3v) is 4.15. The Kier molecular flexibility index (Phi) is 3.40. The van der Waals surface area contributed by atoms with Gasteiger partial charge in [-0.1, -0.05) is 18.2 Å². The van der Waals surface area contributed by atoms with Crippen LogP contribution >= 0.6 is 0 Å². The van der Waals surface area contributed by atoms with E-state index in [0.29, 0.717) is 6.42 Å². The van der Waals surface area contributed by atoms with Gasteiger partial charge in [-0.15, -0.1) is 0 Å². The lowest BCUT2D eigenvalue weighted by Gasteiger charge is -2.24. The van der Waals surface area contributed by atoms with Gasteiger partial charge in [-0.2, -0.15) is 0 Å². The van der Waals surface area contributed by atoms with E-state index < -0.39 is 5.92 Å². The van der Waals surface area contributed by atoms with Crippen molar-refractivity contribution in [3.05, 3.63) is 42.2 Å². The normalized spacial score (nSPS) is 23.1. The van der Waals surface area contributed by atoms with E-state index in [4.69, 9.17) is 5.84 Å². The monoisotopic (exact) mass is 277 g/mol. The lowest BCUT2D eigenvalue weighted by atomic mass is 9.89.